The van der Waals surface area contributed by atoms with Gasteiger partial charge in [-0.05, 0) is 37.1 Å². The summed E-state index contributed by atoms with van der Waals surface area (Å²) in [6.07, 6.45) is 3.04. The number of aromatic nitrogens is 2. The fraction of sp³-hybridized carbons (Fsp3) is 0.308. The molecule has 0 aliphatic rings. The first-order chi connectivity index (χ1) is 9.75. The molecule has 0 unspecified atom stereocenters. The first-order valence-electron chi connectivity index (χ1n) is 6.20. The molecule has 1 amide bonds. The lowest BCUT2D eigenvalue weighted by Gasteiger charge is -2.06. The van der Waals surface area contributed by atoms with Gasteiger partial charge in [-0.3, -0.25) is 4.79 Å². The van der Waals surface area contributed by atoms with E-state index in [4.69, 9.17) is 4.74 Å². The fourth-order valence-corrected chi connectivity index (χ4v) is 1.92. The molecule has 1 heterocycles. The molecule has 2 aromatic rings. The quantitative estimate of drug-likeness (QED) is 0.796. The number of hydrogen-bond acceptors (Lipinski definition) is 5. The maximum Gasteiger partial charge on any atom is 0.272 e. The van der Waals surface area contributed by atoms with Gasteiger partial charge in [-0.2, -0.15) is 8.75 Å². The predicted molar refractivity (Wildman–Crippen MR) is 73.4 cm³/mol. The van der Waals surface area contributed by atoms with Crippen LogP contribution in [0.5, 0.6) is 5.75 Å². The molecule has 20 heavy (non-hydrogen) atoms. The molecular weight excluding hydrogens is 281 g/mol. The Balaban J connectivity index is 1.56. The van der Waals surface area contributed by atoms with E-state index in [0.29, 0.717) is 24.6 Å². The van der Waals surface area contributed by atoms with Crippen molar-refractivity contribution in [1.82, 2.24) is 14.1 Å². The van der Waals surface area contributed by atoms with Gasteiger partial charge < -0.3 is 10.1 Å². The van der Waals surface area contributed by atoms with Crippen LogP contribution in [0, 0.1) is 5.82 Å². The minimum Gasteiger partial charge on any atom is -0.494 e. The Morgan fingerprint density at radius 3 is 2.80 bits per heavy atom. The Kier molecular flexibility index (Phi) is 5.43. The summed E-state index contributed by atoms with van der Waals surface area (Å²) in [5.41, 5.74) is 0.345. The lowest BCUT2D eigenvalue weighted by molar-refractivity contribution is 0.0948. The van der Waals surface area contributed by atoms with Crippen molar-refractivity contribution in [2.24, 2.45) is 0 Å². The highest BCUT2D eigenvalue weighted by Gasteiger charge is 2.06. The van der Waals surface area contributed by atoms with Crippen molar-refractivity contribution >= 4 is 17.6 Å². The summed E-state index contributed by atoms with van der Waals surface area (Å²) in [5.74, 6) is 0.152. The average molecular weight is 295 g/mol. The SMILES string of the molecule is O=C(NCCCCOc1ccc(F)cc1)c1cnsn1. The number of amides is 1. The molecule has 7 heteroatoms. The summed E-state index contributed by atoms with van der Waals surface area (Å²) in [7, 11) is 0. The summed E-state index contributed by atoms with van der Waals surface area (Å²) in [6.45, 7) is 1.09. The molecule has 1 aromatic carbocycles. The van der Waals surface area contributed by atoms with Crippen LogP contribution in [0.1, 0.15) is 23.3 Å². The van der Waals surface area contributed by atoms with E-state index in [-0.39, 0.29) is 11.7 Å². The lowest BCUT2D eigenvalue weighted by atomic mass is 10.3. The van der Waals surface area contributed by atoms with Gasteiger partial charge in [-0.15, -0.1) is 0 Å². The monoisotopic (exact) mass is 295 g/mol. The molecule has 0 spiro atoms. The molecule has 0 fully saturated rings. The van der Waals surface area contributed by atoms with Crippen LogP contribution in [-0.2, 0) is 0 Å². The standard InChI is InChI=1S/C13H14FN3O2S/c14-10-3-5-11(6-4-10)19-8-2-1-7-15-13(18)12-9-16-20-17-12/h3-6,9H,1-2,7-8H2,(H,15,18). The van der Waals surface area contributed by atoms with Crippen LogP contribution in [-0.4, -0.2) is 27.8 Å². The van der Waals surface area contributed by atoms with Crippen LogP contribution in [0.15, 0.2) is 30.5 Å². The molecule has 0 aliphatic carbocycles. The van der Waals surface area contributed by atoms with Gasteiger partial charge in [-0.25, -0.2) is 4.39 Å². The van der Waals surface area contributed by atoms with Crippen molar-refractivity contribution < 1.29 is 13.9 Å². The number of unbranched alkanes of at least 4 members (excludes halogenated alkanes) is 1. The smallest absolute Gasteiger partial charge is 0.272 e. The Bertz CT molecular complexity index is 531. The number of ether oxygens (including phenoxy) is 1. The Morgan fingerprint density at radius 2 is 2.10 bits per heavy atom. The molecule has 0 atom stereocenters. The molecule has 0 bridgehead atoms. The molecule has 106 valence electrons. The third-order valence-electron chi connectivity index (χ3n) is 2.53. The van der Waals surface area contributed by atoms with Crippen LogP contribution in [0.2, 0.25) is 0 Å². The third kappa shape index (κ3) is 4.58. The van der Waals surface area contributed by atoms with Crippen molar-refractivity contribution in [3.63, 3.8) is 0 Å². The summed E-state index contributed by atoms with van der Waals surface area (Å²) in [6, 6.07) is 5.90. The number of nitrogens with one attached hydrogen (secondary N) is 1. The van der Waals surface area contributed by atoms with E-state index in [1.54, 1.807) is 12.1 Å². The number of halogens is 1. The lowest BCUT2D eigenvalue weighted by Crippen LogP contribution is -2.24. The largest absolute Gasteiger partial charge is 0.494 e. The first-order valence-corrected chi connectivity index (χ1v) is 6.93. The Morgan fingerprint density at radius 1 is 1.30 bits per heavy atom. The maximum absolute atomic E-state index is 12.7. The molecule has 5 nitrogen and oxygen atoms in total. The second-order valence-electron chi connectivity index (χ2n) is 4.06. The number of carbonyl (C=O) groups excluding carboxylic acids is 1. The van der Waals surface area contributed by atoms with E-state index in [0.717, 1.165) is 24.6 Å². The van der Waals surface area contributed by atoms with Crippen LogP contribution in [0.3, 0.4) is 0 Å². The molecule has 1 N–H and O–H groups in total. The van der Waals surface area contributed by atoms with Crippen molar-refractivity contribution in [1.29, 1.82) is 0 Å². The highest BCUT2D eigenvalue weighted by atomic mass is 32.1. The van der Waals surface area contributed by atoms with Gasteiger partial charge in [0.05, 0.1) is 24.5 Å². The molecule has 0 saturated heterocycles. The number of benzene rings is 1. The topological polar surface area (TPSA) is 64.1 Å². The number of carbonyl (C=O) groups is 1. The van der Waals surface area contributed by atoms with Crippen molar-refractivity contribution in [2.45, 2.75) is 12.8 Å². The molecule has 0 aliphatic heterocycles. The van der Waals surface area contributed by atoms with E-state index in [1.165, 1.54) is 18.3 Å². The Labute approximate surface area is 120 Å². The van der Waals surface area contributed by atoms with E-state index in [9.17, 15) is 9.18 Å². The second-order valence-corrected chi connectivity index (χ2v) is 4.61. The zero-order valence-electron chi connectivity index (χ0n) is 10.7. The van der Waals surface area contributed by atoms with Gasteiger partial charge in [-0.1, -0.05) is 0 Å². The van der Waals surface area contributed by atoms with Crippen molar-refractivity contribution in [3.05, 3.63) is 42.0 Å². The van der Waals surface area contributed by atoms with Crippen LogP contribution in [0.4, 0.5) is 4.39 Å². The van der Waals surface area contributed by atoms with E-state index < -0.39 is 0 Å². The minimum absolute atomic E-state index is 0.210. The zero-order valence-corrected chi connectivity index (χ0v) is 11.5. The van der Waals surface area contributed by atoms with Crippen molar-refractivity contribution in [3.8, 4) is 5.75 Å². The highest BCUT2D eigenvalue weighted by Crippen LogP contribution is 2.11. The molecule has 0 radical (unpaired) electrons. The summed E-state index contributed by atoms with van der Waals surface area (Å²) >= 11 is 1.01. The molecular formula is C13H14FN3O2S. The normalized spacial score (nSPS) is 10.2. The summed E-state index contributed by atoms with van der Waals surface area (Å²) in [5, 5.41) is 2.75. The maximum atomic E-state index is 12.7. The Hall–Kier alpha value is -2.02. The van der Waals surface area contributed by atoms with Crippen molar-refractivity contribution in [2.75, 3.05) is 13.2 Å². The number of rotatable bonds is 7. The number of hydrogen-bond donors (Lipinski definition) is 1. The van der Waals surface area contributed by atoms with Crippen LogP contribution in [0.25, 0.3) is 0 Å². The second kappa shape index (κ2) is 7.54. The predicted octanol–water partition coefficient (Wildman–Crippen LogP) is 2.27. The van der Waals surface area contributed by atoms with Gasteiger partial charge >= 0.3 is 0 Å². The van der Waals surface area contributed by atoms with Gasteiger partial charge in [0.25, 0.3) is 5.91 Å². The molecule has 2 rings (SSSR count). The molecule has 0 saturated carbocycles. The first kappa shape index (κ1) is 14.4. The van der Waals surface area contributed by atoms with Crippen LogP contribution < -0.4 is 10.1 Å². The zero-order chi connectivity index (χ0) is 14.2. The van der Waals surface area contributed by atoms with Crippen LogP contribution >= 0.6 is 11.7 Å². The number of nitrogens with zero attached hydrogens (tertiary/aromatic N) is 2. The third-order valence-corrected chi connectivity index (χ3v) is 3.01. The van der Waals surface area contributed by atoms with Gasteiger partial charge in [0.2, 0.25) is 0 Å². The van der Waals surface area contributed by atoms with Gasteiger partial charge in [0, 0.05) is 6.54 Å². The average Bonchev–Trinajstić information content (AvgIpc) is 2.98. The summed E-state index contributed by atoms with van der Waals surface area (Å²) in [4.78, 5) is 11.5. The summed E-state index contributed by atoms with van der Waals surface area (Å²) < 4.78 is 25.7. The van der Waals surface area contributed by atoms with E-state index in [2.05, 4.69) is 14.1 Å². The fourth-order valence-electron chi connectivity index (χ4n) is 1.51. The van der Waals surface area contributed by atoms with Gasteiger partial charge in [0.1, 0.15) is 11.6 Å². The minimum atomic E-state index is -0.281. The van der Waals surface area contributed by atoms with E-state index in [1.807, 2.05) is 0 Å². The highest BCUT2D eigenvalue weighted by molar-refractivity contribution is 6.99. The molecule has 1 aromatic heterocycles. The van der Waals surface area contributed by atoms with E-state index >= 15 is 0 Å². The van der Waals surface area contributed by atoms with Gasteiger partial charge in [0.15, 0.2) is 5.69 Å².